The Morgan fingerprint density at radius 1 is 1.27 bits per heavy atom. The summed E-state index contributed by atoms with van der Waals surface area (Å²) in [6.45, 7) is 21.0. The SMILES string of the molecule is [C-]#[N+]c1cc2c(Br)cn([C@@H]3CC[C@@H](O[Si](C)(C)C(C)(C)C)C3)c2cc1C. The van der Waals surface area contributed by atoms with Gasteiger partial charge in [-0.25, -0.2) is 4.85 Å². The van der Waals surface area contributed by atoms with Crippen LogP contribution in [0.15, 0.2) is 22.8 Å². The lowest BCUT2D eigenvalue weighted by Gasteiger charge is -2.38. The standard InChI is InChI=1S/C21H29BrN2OSi/c1-14-10-20-17(12-19(14)23-5)18(22)13-24(20)15-8-9-16(11-15)25-26(6,7)21(2,3)4/h10,12-13,15-16H,8-9,11H2,1-4,6-7H3/t15-,16-/m1/s1. The van der Waals surface area contributed by atoms with Crippen LogP contribution in [-0.2, 0) is 4.43 Å². The van der Waals surface area contributed by atoms with Gasteiger partial charge in [0.05, 0.1) is 6.57 Å². The maximum Gasteiger partial charge on any atom is 0.192 e. The van der Waals surface area contributed by atoms with E-state index in [2.05, 4.69) is 71.5 Å². The third kappa shape index (κ3) is 3.52. The second-order valence-electron chi connectivity index (χ2n) is 9.12. The first kappa shape index (κ1) is 19.7. The number of hydrogen-bond acceptors (Lipinski definition) is 1. The van der Waals surface area contributed by atoms with Gasteiger partial charge in [-0.15, -0.1) is 0 Å². The first-order valence-electron chi connectivity index (χ1n) is 9.39. The molecular formula is C21H29BrN2OSi. The normalized spacial score (nSPS) is 21.3. The predicted octanol–water partition coefficient (Wildman–Crippen LogP) is 7.38. The van der Waals surface area contributed by atoms with Crippen molar-refractivity contribution >= 4 is 40.8 Å². The number of fused-ring (bicyclic) bond motifs is 1. The summed E-state index contributed by atoms with van der Waals surface area (Å²) in [6, 6.07) is 4.64. The second-order valence-corrected chi connectivity index (χ2v) is 14.7. The molecule has 0 N–H and O–H groups in total. The van der Waals surface area contributed by atoms with Crippen LogP contribution in [0.25, 0.3) is 15.7 Å². The minimum atomic E-state index is -1.72. The Hall–Kier alpha value is -1.09. The van der Waals surface area contributed by atoms with E-state index in [0.29, 0.717) is 12.1 Å². The Kier molecular flexibility index (Phi) is 5.15. The van der Waals surface area contributed by atoms with Crippen LogP contribution in [0, 0.1) is 13.5 Å². The average Bonchev–Trinajstić information content (AvgIpc) is 3.10. The monoisotopic (exact) mass is 432 g/mol. The summed E-state index contributed by atoms with van der Waals surface area (Å²) in [7, 11) is -1.72. The Morgan fingerprint density at radius 3 is 2.58 bits per heavy atom. The molecule has 2 aromatic rings. The summed E-state index contributed by atoms with van der Waals surface area (Å²) in [5.74, 6) is 0. The van der Waals surface area contributed by atoms with E-state index in [1.165, 1.54) is 5.52 Å². The molecular weight excluding hydrogens is 404 g/mol. The summed E-state index contributed by atoms with van der Waals surface area (Å²) in [4.78, 5) is 3.65. The molecule has 5 heteroatoms. The lowest BCUT2D eigenvalue weighted by Crippen LogP contribution is -2.43. The van der Waals surface area contributed by atoms with E-state index >= 15 is 0 Å². The second kappa shape index (κ2) is 6.81. The number of hydrogen-bond donors (Lipinski definition) is 0. The molecule has 1 aromatic carbocycles. The van der Waals surface area contributed by atoms with Gasteiger partial charge < -0.3 is 8.99 Å². The molecule has 0 saturated heterocycles. The average molecular weight is 433 g/mol. The van der Waals surface area contributed by atoms with Gasteiger partial charge in [0, 0.05) is 33.7 Å². The van der Waals surface area contributed by atoms with Gasteiger partial charge in [0.15, 0.2) is 14.0 Å². The molecule has 2 atom stereocenters. The first-order valence-corrected chi connectivity index (χ1v) is 13.1. The number of rotatable bonds is 3. The van der Waals surface area contributed by atoms with Gasteiger partial charge in [0.25, 0.3) is 0 Å². The number of halogens is 1. The fourth-order valence-electron chi connectivity index (χ4n) is 3.64. The van der Waals surface area contributed by atoms with Crippen LogP contribution in [0.3, 0.4) is 0 Å². The fraction of sp³-hybridized carbons (Fsp3) is 0.571. The molecule has 3 nitrogen and oxygen atoms in total. The van der Waals surface area contributed by atoms with E-state index in [4.69, 9.17) is 11.0 Å². The molecule has 1 fully saturated rings. The van der Waals surface area contributed by atoms with Gasteiger partial charge in [0.2, 0.25) is 0 Å². The van der Waals surface area contributed by atoms with Crippen LogP contribution >= 0.6 is 15.9 Å². The highest BCUT2D eigenvalue weighted by molar-refractivity contribution is 9.10. The molecule has 0 unspecified atom stereocenters. The molecule has 1 aromatic heterocycles. The highest BCUT2D eigenvalue weighted by Crippen LogP contribution is 2.43. The maximum absolute atomic E-state index is 7.35. The topological polar surface area (TPSA) is 18.5 Å². The Bertz CT molecular complexity index is 873. The fourth-order valence-corrected chi connectivity index (χ4v) is 5.58. The van der Waals surface area contributed by atoms with Crippen LogP contribution < -0.4 is 0 Å². The zero-order valence-electron chi connectivity index (χ0n) is 16.7. The van der Waals surface area contributed by atoms with E-state index < -0.39 is 8.32 Å². The van der Waals surface area contributed by atoms with Crippen LogP contribution in [-0.4, -0.2) is 19.0 Å². The first-order chi connectivity index (χ1) is 12.0. The molecule has 1 heterocycles. The molecule has 0 bridgehead atoms. The van der Waals surface area contributed by atoms with Crippen LogP contribution in [0.1, 0.15) is 51.6 Å². The van der Waals surface area contributed by atoms with E-state index in [1.54, 1.807) is 0 Å². The zero-order chi connectivity index (χ0) is 19.3. The zero-order valence-corrected chi connectivity index (χ0v) is 19.3. The van der Waals surface area contributed by atoms with Crippen LogP contribution in [0.2, 0.25) is 18.1 Å². The van der Waals surface area contributed by atoms with Crippen molar-refractivity contribution < 1.29 is 4.43 Å². The van der Waals surface area contributed by atoms with E-state index in [0.717, 1.165) is 40.4 Å². The van der Waals surface area contributed by atoms with Gasteiger partial charge in [-0.3, -0.25) is 0 Å². The van der Waals surface area contributed by atoms with Crippen molar-refractivity contribution in [3.05, 3.63) is 39.8 Å². The molecule has 1 saturated carbocycles. The van der Waals surface area contributed by atoms with Crippen molar-refractivity contribution in [3.8, 4) is 0 Å². The largest absolute Gasteiger partial charge is 0.414 e. The molecule has 3 rings (SSSR count). The van der Waals surface area contributed by atoms with Gasteiger partial charge in [-0.05, 0) is 77.9 Å². The number of nitrogens with zero attached hydrogens (tertiary/aromatic N) is 2. The number of aryl methyl sites for hydroxylation is 1. The molecule has 1 aliphatic rings. The van der Waals surface area contributed by atoms with Crippen molar-refractivity contribution in [3.63, 3.8) is 0 Å². The third-order valence-corrected chi connectivity index (χ3v) is 11.4. The minimum absolute atomic E-state index is 0.252. The lowest BCUT2D eigenvalue weighted by molar-refractivity contribution is 0.183. The van der Waals surface area contributed by atoms with Crippen molar-refractivity contribution in [1.29, 1.82) is 0 Å². The number of benzene rings is 1. The Morgan fingerprint density at radius 2 is 1.96 bits per heavy atom. The van der Waals surface area contributed by atoms with Crippen LogP contribution in [0.5, 0.6) is 0 Å². The maximum atomic E-state index is 7.35. The van der Waals surface area contributed by atoms with E-state index in [9.17, 15) is 0 Å². The molecule has 1 aliphatic carbocycles. The molecule has 0 amide bonds. The highest BCUT2D eigenvalue weighted by atomic mass is 79.9. The summed E-state index contributed by atoms with van der Waals surface area (Å²) < 4.78 is 10.1. The van der Waals surface area contributed by atoms with E-state index in [1.807, 2.05) is 13.0 Å². The van der Waals surface area contributed by atoms with Gasteiger partial charge in [0.1, 0.15) is 0 Å². The summed E-state index contributed by atoms with van der Waals surface area (Å²) in [5, 5.41) is 1.39. The quantitative estimate of drug-likeness (QED) is 0.365. The van der Waals surface area contributed by atoms with Crippen molar-refractivity contribution in [1.82, 2.24) is 4.57 Å². The molecule has 26 heavy (non-hydrogen) atoms. The van der Waals surface area contributed by atoms with Gasteiger partial charge >= 0.3 is 0 Å². The smallest absolute Gasteiger partial charge is 0.192 e. The Balaban J connectivity index is 1.86. The molecule has 140 valence electrons. The molecule has 0 aliphatic heterocycles. The minimum Gasteiger partial charge on any atom is -0.414 e. The predicted molar refractivity (Wildman–Crippen MR) is 116 cm³/mol. The van der Waals surface area contributed by atoms with Crippen molar-refractivity contribution in [2.45, 2.75) is 77.2 Å². The molecule has 0 spiro atoms. The summed E-state index contributed by atoms with van der Waals surface area (Å²) in [6.07, 6.45) is 5.91. The van der Waals surface area contributed by atoms with Gasteiger partial charge in [-0.1, -0.05) is 20.8 Å². The van der Waals surface area contributed by atoms with Gasteiger partial charge in [-0.2, -0.15) is 0 Å². The Labute approximate surface area is 166 Å². The summed E-state index contributed by atoms with van der Waals surface area (Å²) in [5.41, 5.74) is 3.01. The molecule has 0 radical (unpaired) electrons. The number of aromatic nitrogens is 1. The third-order valence-electron chi connectivity index (χ3n) is 6.24. The van der Waals surface area contributed by atoms with Crippen molar-refractivity contribution in [2.24, 2.45) is 0 Å². The lowest BCUT2D eigenvalue weighted by atomic mass is 10.1. The highest BCUT2D eigenvalue weighted by Gasteiger charge is 2.41. The summed E-state index contributed by atoms with van der Waals surface area (Å²) >= 11 is 3.69. The van der Waals surface area contributed by atoms with Crippen LogP contribution in [0.4, 0.5) is 5.69 Å². The van der Waals surface area contributed by atoms with Crippen molar-refractivity contribution in [2.75, 3.05) is 0 Å². The van der Waals surface area contributed by atoms with E-state index in [-0.39, 0.29) is 5.04 Å².